The Labute approximate surface area is 235 Å². The molecular weight excluding hydrogens is 645 g/mol. The number of rotatable bonds is 10. The molecule has 3 aromatic rings. The van der Waals surface area contributed by atoms with Gasteiger partial charge in [0.15, 0.2) is 0 Å². The molecule has 212 valence electrons. The highest BCUT2D eigenvalue weighted by Crippen LogP contribution is 2.63. The highest BCUT2D eigenvalue weighted by atomic mass is 79.9. The Morgan fingerprint density at radius 1 is 1.28 bits per heavy atom. The fraction of sp³-hybridized carbons (Fsp3) is 0.348. The Bertz CT molecular complexity index is 1560. The van der Waals surface area contributed by atoms with Crippen molar-refractivity contribution in [2.75, 3.05) is 20.3 Å². The zero-order valence-corrected chi connectivity index (χ0v) is 24.5. The molecule has 2 heterocycles. The van der Waals surface area contributed by atoms with E-state index >= 15 is 0 Å². The fourth-order valence-corrected chi connectivity index (χ4v) is 9.07. The van der Waals surface area contributed by atoms with Crippen LogP contribution in [0.15, 0.2) is 40.9 Å². The van der Waals surface area contributed by atoms with Gasteiger partial charge in [-0.15, -0.1) is 11.3 Å². The van der Waals surface area contributed by atoms with Crippen molar-refractivity contribution >= 4 is 60.9 Å². The number of thiophene rings is 1. The molecule has 1 aromatic heterocycles. The van der Waals surface area contributed by atoms with Crippen LogP contribution in [-0.2, 0) is 26.8 Å². The second-order valence-corrected chi connectivity index (χ2v) is 14.5. The Balaban J connectivity index is 1.53. The van der Waals surface area contributed by atoms with Crippen LogP contribution in [0.5, 0.6) is 11.5 Å². The normalized spacial score (nSPS) is 17.9. The first-order chi connectivity index (χ1) is 18.2. The van der Waals surface area contributed by atoms with Crippen molar-refractivity contribution in [3.05, 3.63) is 56.9 Å². The second kappa shape index (κ2) is 11.0. The molecule has 1 fully saturated rings. The fourth-order valence-electron chi connectivity index (χ4n) is 4.19. The number of fused-ring (bicyclic) bond motifs is 1. The molecule has 10 nitrogen and oxygen atoms in total. The van der Waals surface area contributed by atoms with Crippen molar-refractivity contribution in [1.29, 1.82) is 0 Å². The van der Waals surface area contributed by atoms with E-state index in [1.165, 1.54) is 23.5 Å². The first-order valence-electron chi connectivity index (χ1n) is 11.4. The number of hydrogen-bond donors (Lipinski definition) is 3. The topological polar surface area (TPSA) is 156 Å². The smallest absolute Gasteiger partial charge is 0.400 e. The first-order valence-corrected chi connectivity index (χ1v) is 16.1. The largest absolute Gasteiger partial charge is 0.497 e. The minimum absolute atomic E-state index is 0.0368. The minimum atomic E-state index is -5.87. The summed E-state index contributed by atoms with van der Waals surface area (Å²) in [7, 11) is -7.97. The van der Waals surface area contributed by atoms with Gasteiger partial charge >= 0.3 is 13.3 Å². The predicted molar refractivity (Wildman–Crippen MR) is 145 cm³/mol. The summed E-state index contributed by atoms with van der Waals surface area (Å²) in [6.45, 7) is 0.390. The highest BCUT2D eigenvalue weighted by Gasteiger charge is 2.53. The number of benzene rings is 2. The maximum Gasteiger partial charge on any atom is 0.400 e. The predicted octanol–water partition coefficient (Wildman–Crippen LogP) is 4.37. The average molecular weight is 669 g/mol. The van der Waals surface area contributed by atoms with E-state index in [0.717, 1.165) is 5.56 Å². The Kier molecular flexibility index (Phi) is 8.44. The van der Waals surface area contributed by atoms with Gasteiger partial charge in [-0.2, -0.15) is 13.1 Å². The van der Waals surface area contributed by atoms with E-state index in [1.54, 1.807) is 24.3 Å². The summed E-state index contributed by atoms with van der Waals surface area (Å²) in [5.74, 6) is -0.260. The van der Waals surface area contributed by atoms with Gasteiger partial charge in [0, 0.05) is 28.5 Å². The summed E-state index contributed by atoms with van der Waals surface area (Å²) in [4.78, 5) is 29.3. The first kappa shape index (κ1) is 29.8. The number of carbonyl (C=O) groups excluding carboxylic acids is 1. The number of ether oxygens (including phenoxy) is 2. The van der Waals surface area contributed by atoms with Crippen LogP contribution < -0.4 is 15.2 Å². The van der Waals surface area contributed by atoms with E-state index in [1.807, 2.05) is 0 Å². The lowest BCUT2D eigenvalue weighted by molar-refractivity contribution is 0.0595. The van der Waals surface area contributed by atoms with Gasteiger partial charge in [0.1, 0.15) is 16.4 Å². The van der Waals surface area contributed by atoms with Crippen LogP contribution >= 0.6 is 34.9 Å². The molecule has 2 aromatic carbocycles. The molecule has 16 heteroatoms. The molecule has 0 bridgehead atoms. The number of hydrogen-bond acceptors (Lipinski definition) is 7. The lowest BCUT2D eigenvalue weighted by atomic mass is 10.1. The number of amides is 1. The highest BCUT2D eigenvalue weighted by molar-refractivity contribution is 9.10. The molecule has 0 aliphatic carbocycles. The molecule has 1 amide bonds. The second-order valence-electron chi connectivity index (χ2n) is 8.82. The molecule has 0 spiro atoms. The Hall–Kier alpha value is -2.13. The number of primary amides is 1. The number of nitrogens with zero attached hydrogens (tertiary/aromatic N) is 1. The molecule has 0 unspecified atom stereocenters. The van der Waals surface area contributed by atoms with Crippen LogP contribution in [0.2, 0.25) is 0 Å². The number of carbonyl (C=O) groups is 1. The zero-order valence-electron chi connectivity index (χ0n) is 20.3. The standard InChI is InChI=1S/C23H24BrF2N2O8PS2/c1-35-15-4-2-13(3-5-15)12-28-8-6-16(39(28,33)34)7-9-36-18-11-14(22(27)29)10-17-19(24)21(38-20(17)18)23(25,26)37(30,31)32/h2-5,10-11,16H,6-9,12H2,1H3,(H2,27,29)(H2,30,31,32)/t16-/m1/s1. The third kappa shape index (κ3) is 5.85. The van der Waals surface area contributed by atoms with Gasteiger partial charge in [-0.05, 0) is 58.6 Å². The average Bonchev–Trinajstić information content (AvgIpc) is 3.35. The Morgan fingerprint density at radius 2 is 1.95 bits per heavy atom. The summed E-state index contributed by atoms with van der Waals surface area (Å²) in [5.41, 5.74) is 1.60. The lowest BCUT2D eigenvalue weighted by Gasteiger charge is -2.17. The van der Waals surface area contributed by atoms with E-state index in [2.05, 4.69) is 15.9 Å². The van der Waals surface area contributed by atoms with Crippen LogP contribution in [-0.4, -0.2) is 53.9 Å². The Morgan fingerprint density at radius 3 is 2.54 bits per heavy atom. The summed E-state index contributed by atoms with van der Waals surface area (Å²) in [6.07, 6.45) is 0.448. The van der Waals surface area contributed by atoms with E-state index in [4.69, 9.17) is 15.2 Å². The summed E-state index contributed by atoms with van der Waals surface area (Å²) in [6, 6.07) is 9.49. The molecule has 1 aliphatic rings. The van der Waals surface area contributed by atoms with Crippen molar-refractivity contribution in [2.45, 2.75) is 30.3 Å². The molecule has 4 N–H and O–H groups in total. The van der Waals surface area contributed by atoms with Crippen LogP contribution in [0.1, 0.15) is 33.6 Å². The van der Waals surface area contributed by atoms with Crippen molar-refractivity contribution in [1.82, 2.24) is 4.31 Å². The molecule has 39 heavy (non-hydrogen) atoms. The molecule has 4 rings (SSSR count). The summed E-state index contributed by atoms with van der Waals surface area (Å²) < 4.78 is 78.7. The van der Waals surface area contributed by atoms with Gasteiger partial charge in [-0.3, -0.25) is 9.36 Å². The lowest BCUT2D eigenvalue weighted by Crippen LogP contribution is -2.29. The summed E-state index contributed by atoms with van der Waals surface area (Å²) >= 11 is 3.35. The number of halogens is 3. The van der Waals surface area contributed by atoms with Gasteiger partial charge < -0.3 is 25.0 Å². The van der Waals surface area contributed by atoms with Crippen molar-refractivity contribution in [3.8, 4) is 11.5 Å². The van der Waals surface area contributed by atoms with Gasteiger partial charge in [0.25, 0.3) is 0 Å². The quantitative estimate of drug-likeness (QED) is 0.269. The SMILES string of the molecule is COc1ccc(CN2CC[C@H](CCOc3cc(C(N)=O)cc4c(Br)c(C(F)(F)P(=O)(O)O)sc34)S2(=O)=O)cc1. The number of sulfonamides is 1. The van der Waals surface area contributed by atoms with Crippen molar-refractivity contribution in [3.63, 3.8) is 0 Å². The molecule has 1 atom stereocenters. The van der Waals surface area contributed by atoms with Crippen LogP contribution in [0.4, 0.5) is 8.78 Å². The third-order valence-corrected chi connectivity index (χ3v) is 12.1. The minimum Gasteiger partial charge on any atom is -0.497 e. The molecule has 0 radical (unpaired) electrons. The maximum absolute atomic E-state index is 14.5. The van der Waals surface area contributed by atoms with Gasteiger partial charge in [0.2, 0.25) is 15.9 Å². The molecule has 1 saturated heterocycles. The monoisotopic (exact) mass is 668 g/mol. The van der Waals surface area contributed by atoms with E-state index < -0.39 is 39.3 Å². The van der Waals surface area contributed by atoms with Crippen LogP contribution in [0.3, 0.4) is 0 Å². The number of alkyl halides is 2. The third-order valence-electron chi connectivity index (χ3n) is 6.32. The van der Waals surface area contributed by atoms with Crippen LogP contribution in [0, 0.1) is 0 Å². The molecule has 1 aliphatic heterocycles. The molecular formula is C23H24BrF2N2O8PS2. The molecule has 0 saturated carbocycles. The van der Waals surface area contributed by atoms with E-state index in [-0.39, 0.29) is 45.4 Å². The zero-order chi connectivity index (χ0) is 28.8. The van der Waals surface area contributed by atoms with E-state index in [9.17, 15) is 36.3 Å². The summed E-state index contributed by atoms with van der Waals surface area (Å²) in [5, 5.41) is -0.691. The van der Waals surface area contributed by atoms with Gasteiger partial charge in [-0.1, -0.05) is 12.1 Å². The van der Waals surface area contributed by atoms with Crippen molar-refractivity contribution in [2.24, 2.45) is 5.73 Å². The van der Waals surface area contributed by atoms with Crippen LogP contribution in [0.25, 0.3) is 10.1 Å². The van der Waals surface area contributed by atoms with Gasteiger partial charge in [-0.25, -0.2) is 8.42 Å². The maximum atomic E-state index is 14.5. The van der Waals surface area contributed by atoms with Gasteiger partial charge in [0.05, 0.1) is 23.7 Å². The van der Waals surface area contributed by atoms with Crippen molar-refractivity contribution < 1.29 is 45.8 Å². The number of nitrogens with two attached hydrogens (primary N) is 1. The van der Waals surface area contributed by atoms with E-state index in [0.29, 0.717) is 30.1 Å². The number of methoxy groups -OCH3 is 1.